The summed E-state index contributed by atoms with van der Waals surface area (Å²) in [7, 11) is 0. The first-order valence-electron chi connectivity index (χ1n) is 10.8. The molecular weight excluding hydrogens is 407 g/mol. The maximum atomic E-state index is 14.0. The van der Waals surface area contributed by atoms with E-state index in [0.717, 1.165) is 24.1 Å². The highest BCUT2D eigenvalue weighted by atomic mass is 19.1. The minimum absolute atomic E-state index is 0.0544. The number of rotatable bonds is 5. The van der Waals surface area contributed by atoms with Crippen LogP contribution in [-0.2, 0) is 11.2 Å². The number of carbonyl (C=O) groups is 1. The minimum atomic E-state index is -0.535. The molecule has 0 bridgehead atoms. The highest BCUT2D eigenvalue weighted by molar-refractivity contribution is 5.85. The van der Waals surface area contributed by atoms with E-state index in [0.29, 0.717) is 42.6 Å². The molecule has 1 aliphatic heterocycles. The van der Waals surface area contributed by atoms with Gasteiger partial charge < -0.3 is 15.2 Å². The number of pyridine rings is 1. The van der Waals surface area contributed by atoms with E-state index in [1.807, 2.05) is 24.0 Å². The molecular formula is C25H25FN4O2. The van der Waals surface area contributed by atoms with Crippen LogP contribution in [0.4, 0.5) is 10.1 Å². The quantitative estimate of drug-likeness (QED) is 0.640. The Bertz CT molecular complexity index is 1240. The Labute approximate surface area is 185 Å². The molecule has 4 rings (SSSR count). The fourth-order valence-electron chi connectivity index (χ4n) is 4.22. The van der Waals surface area contributed by atoms with Gasteiger partial charge >= 0.3 is 0 Å². The van der Waals surface area contributed by atoms with E-state index >= 15 is 0 Å². The Balaban J connectivity index is 1.32. The Morgan fingerprint density at radius 1 is 1.22 bits per heavy atom. The number of likely N-dealkylation sites (tertiary alicyclic amines) is 1. The van der Waals surface area contributed by atoms with E-state index < -0.39 is 11.4 Å². The van der Waals surface area contributed by atoms with Gasteiger partial charge in [0, 0.05) is 36.9 Å². The fraction of sp³-hybridized carbons (Fsp3) is 0.320. The number of amides is 1. The topological polar surface area (TPSA) is 89.0 Å². The molecule has 6 nitrogen and oxygen atoms in total. The SMILES string of the molecule is Cc1ccc(F)c2c(=O)[nH]c(CCC(=O)N3CCC(Nc4ccc(C#N)cc4)CC3)cc12. The van der Waals surface area contributed by atoms with Gasteiger partial charge in [-0.15, -0.1) is 0 Å². The maximum Gasteiger partial charge on any atom is 0.259 e. The molecule has 1 aromatic heterocycles. The third-order valence-electron chi connectivity index (χ3n) is 6.07. The molecule has 0 radical (unpaired) electrons. The maximum absolute atomic E-state index is 14.0. The molecule has 1 fully saturated rings. The first kappa shape index (κ1) is 21.6. The molecule has 0 atom stereocenters. The first-order valence-corrected chi connectivity index (χ1v) is 10.8. The average molecular weight is 432 g/mol. The van der Waals surface area contributed by atoms with Crippen molar-refractivity contribution in [3.05, 3.63) is 75.5 Å². The van der Waals surface area contributed by atoms with Crippen molar-refractivity contribution >= 4 is 22.4 Å². The van der Waals surface area contributed by atoms with Crippen molar-refractivity contribution in [3.63, 3.8) is 0 Å². The van der Waals surface area contributed by atoms with Crippen molar-refractivity contribution in [1.82, 2.24) is 9.88 Å². The van der Waals surface area contributed by atoms with E-state index in [4.69, 9.17) is 5.26 Å². The first-order chi connectivity index (χ1) is 15.4. The number of fused-ring (bicyclic) bond motifs is 1. The summed E-state index contributed by atoms with van der Waals surface area (Å²) in [5, 5.41) is 13.0. The van der Waals surface area contributed by atoms with Gasteiger partial charge in [0.2, 0.25) is 5.91 Å². The second-order valence-electron chi connectivity index (χ2n) is 8.27. The monoisotopic (exact) mass is 432 g/mol. The predicted molar refractivity (Wildman–Crippen MR) is 122 cm³/mol. The molecule has 1 saturated heterocycles. The van der Waals surface area contributed by atoms with Gasteiger partial charge in [0.25, 0.3) is 5.56 Å². The molecule has 0 saturated carbocycles. The van der Waals surface area contributed by atoms with Gasteiger partial charge in [-0.05, 0) is 73.5 Å². The normalized spacial score (nSPS) is 14.3. The number of carbonyl (C=O) groups excluding carboxylic acids is 1. The number of nitrogens with zero attached hydrogens (tertiary/aromatic N) is 2. The molecule has 7 heteroatoms. The van der Waals surface area contributed by atoms with Crippen LogP contribution in [0.1, 0.15) is 36.1 Å². The predicted octanol–water partition coefficient (Wildman–Crippen LogP) is 3.88. The summed E-state index contributed by atoms with van der Waals surface area (Å²) < 4.78 is 14.0. The van der Waals surface area contributed by atoms with Gasteiger partial charge in [0.1, 0.15) is 5.82 Å². The molecule has 2 N–H and O–H groups in total. The Kier molecular flexibility index (Phi) is 6.22. The van der Waals surface area contributed by atoms with Crippen LogP contribution < -0.4 is 10.9 Å². The molecule has 3 aromatic rings. The lowest BCUT2D eigenvalue weighted by atomic mass is 10.0. The molecule has 0 aliphatic carbocycles. The number of piperidine rings is 1. The number of nitrogens with one attached hydrogen (secondary N) is 2. The van der Waals surface area contributed by atoms with E-state index in [1.54, 1.807) is 24.3 Å². The van der Waals surface area contributed by atoms with Crippen LogP contribution in [0, 0.1) is 24.1 Å². The number of aryl methyl sites for hydroxylation is 2. The Morgan fingerprint density at radius 3 is 2.62 bits per heavy atom. The van der Waals surface area contributed by atoms with Crippen LogP contribution in [0.15, 0.2) is 47.3 Å². The highest BCUT2D eigenvalue weighted by Gasteiger charge is 2.22. The summed E-state index contributed by atoms with van der Waals surface area (Å²) in [5.74, 6) is -0.481. The molecule has 1 aliphatic rings. The summed E-state index contributed by atoms with van der Waals surface area (Å²) in [6.45, 7) is 3.18. The third-order valence-corrected chi connectivity index (χ3v) is 6.07. The zero-order valence-electron chi connectivity index (χ0n) is 18.0. The number of anilines is 1. The van der Waals surface area contributed by atoms with Crippen molar-refractivity contribution in [3.8, 4) is 6.07 Å². The van der Waals surface area contributed by atoms with Gasteiger partial charge in [-0.3, -0.25) is 9.59 Å². The minimum Gasteiger partial charge on any atom is -0.382 e. The highest BCUT2D eigenvalue weighted by Crippen LogP contribution is 2.21. The van der Waals surface area contributed by atoms with Crippen molar-refractivity contribution in [1.29, 1.82) is 5.26 Å². The number of H-pyrrole nitrogens is 1. The molecule has 32 heavy (non-hydrogen) atoms. The van der Waals surface area contributed by atoms with Crippen LogP contribution >= 0.6 is 0 Å². The lowest BCUT2D eigenvalue weighted by molar-refractivity contribution is -0.132. The van der Waals surface area contributed by atoms with Gasteiger partial charge in [0.05, 0.1) is 17.0 Å². The van der Waals surface area contributed by atoms with Crippen molar-refractivity contribution in [2.24, 2.45) is 0 Å². The number of benzene rings is 2. The summed E-state index contributed by atoms with van der Waals surface area (Å²) in [6.07, 6.45) is 2.39. The zero-order chi connectivity index (χ0) is 22.7. The average Bonchev–Trinajstić information content (AvgIpc) is 2.80. The fourth-order valence-corrected chi connectivity index (χ4v) is 4.22. The van der Waals surface area contributed by atoms with E-state index in [2.05, 4.69) is 16.4 Å². The number of aromatic nitrogens is 1. The molecule has 2 heterocycles. The second kappa shape index (κ2) is 9.23. The van der Waals surface area contributed by atoms with Crippen molar-refractivity contribution < 1.29 is 9.18 Å². The summed E-state index contributed by atoms with van der Waals surface area (Å²) >= 11 is 0. The van der Waals surface area contributed by atoms with Gasteiger partial charge in [-0.1, -0.05) is 6.07 Å². The van der Waals surface area contributed by atoms with Gasteiger partial charge in [0.15, 0.2) is 0 Å². The van der Waals surface area contributed by atoms with Crippen molar-refractivity contribution in [2.45, 2.75) is 38.6 Å². The summed E-state index contributed by atoms with van der Waals surface area (Å²) in [5.41, 5.74) is 2.62. The summed E-state index contributed by atoms with van der Waals surface area (Å²) in [4.78, 5) is 29.6. The van der Waals surface area contributed by atoms with E-state index in [9.17, 15) is 14.0 Å². The second-order valence-corrected chi connectivity index (χ2v) is 8.27. The molecule has 2 aromatic carbocycles. The molecule has 1 amide bonds. The number of hydrogen-bond acceptors (Lipinski definition) is 4. The van der Waals surface area contributed by atoms with Gasteiger partial charge in [-0.25, -0.2) is 4.39 Å². The van der Waals surface area contributed by atoms with Crippen LogP contribution in [0.2, 0.25) is 0 Å². The number of halogens is 1. The van der Waals surface area contributed by atoms with Crippen LogP contribution in [0.5, 0.6) is 0 Å². The Hall–Kier alpha value is -3.66. The standard InChI is InChI=1S/C25H25FN4O2/c1-16-2-8-22(26)24-21(16)14-20(29-25(24)32)7-9-23(31)30-12-10-19(11-13-30)28-18-5-3-17(15-27)4-6-18/h2-6,8,14,19,28H,7,9-13H2,1H3,(H,29,32). The lowest BCUT2D eigenvalue weighted by Gasteiger charge is -2.33. The van der Waals surface area contributed by atoms with Gasteiger partial charge in [-0.2, -0.15) is 5.26 Å². The third kappa shape index (κ3) is 4.65. The van der Waals surface area contributed by atoms with Crippen LogP contribution in [0.25, 0.3) is 10.8 Å². The number of nitriles is 1. The van der Waals surface area contributed by atoms with Crippen LogP contribution in [0.3, 0.4) is 0 Å². The number of aromatic amines is 1. The zero-order valence-corrected chi connectivity index (χ0v) is 18.0. The number of hydrogen-bond donors (Lipinski definition) is 2. The largest absolute Gasteiger partial charge is 0.382 e. The smallest absolute Gasteiger partial charge is 0.259 e. The van der Waals surface area contributed by atoms with Crippen molar-refractivity contribution in [2.75, 3.05) is 18.4 Å². The molecule has 164 valence electrons. The summed E-state index contributed by atoms with van der Waals surface area (Å²) in [6, 6.07) is 14.5. The lowest BCUT2D eigenvalue weighted by Crippen LogP contribution is -2.42. The van der Waals surface area contributed by atoms with E-state index in [1.165, 1.54) is 6.07 Å². The van der Waals surface area contributed by atoms with Crippen LogP contribution in [-0.4, -0.2) is 34.9 Å². The molecule has 0 spiro atoms. The Morgan fingerprint density at radius 2 is 1.94 bits per heavy atom. The molecule has 0 unspecified atom stereocenters. The van der Waals surface area contributed by atoms with E-state index in [-0.39, 0.29) is 17.3 Å².